The molecule has 2 aromatic rings. The molecule has 4 rings (SSSR count). The summed E-state index contributed by atoms with van der Waals surface area (Å²) < 4.78 is 2.06. The summed E-state index contributed by atoms with van der Waals surface area (Å²) in [5.74, 6) is 0.565. The molecule has 27 heavy (non-hydrogen) atoms. The Labute approximate surface area is 156 Å². The van der Waals surface area contributed by atoms with Crippen LogP contribution in [0.2, 0.25) is 0 Å². The van der Waals surface area contributed by atoms with Crippen molar-refractivity contribution < 1.29 is 9.72 Å². The molecule has 1 saturated heterocycles. The van der Waals surface area contributed by atoms with Gasteiger partial charge in [-0.1, -0.05) is 0 Å². The van der Waals surface area contributed by atoms with Gasteiger partial charge in [-0.25, -0.2) is 0 Å². The number of nitrogens with zero attached hydrogens (tertiary/aromatic N) is 5. The second-order valence-electron chi connectivity index (χ2n) is 7.04. The minimum absolute atomic E-state index is 0.0726. The number of hydrogen-bond acceptors (Lipinski definition) is 6. The Morgan fingerprint density at radius 3 is 2.78 bits per heavy atom. The molecular formula is C18H22N6O3. The fourth-order valence-electron chi connectivity index (χ4n) is 3.54. The van der Waals surface area contributed by atoms with Gasteiger partial charge < -0.3 is 14.8 Å². The highest BCUT2D eigenvalue weighted by molar-refractivity contribution is 6.00. The summed E-state index contributed by atoms with van der Waals surface area (Å²) >= 11 is 0. The third kappa shape index (κ3) is 3.76. The topological polar surface area (TPSA) is 106 Å². The number of aromatic nitrogens is 3. The average molecular weight is 370 g/mol. The van der Waals surface area contributed by atoms with Gasteiger partial charge in [0.15, 0.2) is 0 Å². The molecule has 9 nitrogen and oxygen atoms in total. The predicted molar refractivity (Wildman–Crippen MR) is 98.9 cm³/mol. The highest BCUT2D eigenvalue weighted by Crippen LogP contribution is 2.35. The number of rotatable bonds is 7. The fraction of sp³-hybridized carbons (Fsp3) is 0.500. The van der Waals surface area contributed by atoms with Crippen molar-refractivity contribution in [3.8, 4) is 0 Å². The quantitative estimate of drug-likeness (QED) is 0.591. The van der Waals surface area contributed by atoms with Crippen molar-refractivity contribution in [2.45, 2.75) is 38.1 Å². The number of non-ortho nitro benzene ring substituents is 1. The summed E-state index contributed by atoms with van der Waals surface area (Å²) in [4.78, 5) is 25.5. The van der Waals surface area contributed by atoms with E-state index < -0.39 is 4.92 Å². The van der Waals surface area contributed by atoms with Gasteiger partial charge in [-0.2, -0.15) is 0 Å². The molecule has 1 amide bonds. The molecule has 2 fully saturated rings. The molecule has 0 spiro atoms. The molecule has 1 aliphatic heterocycles. The van der Waals surface area contributed by atoms with E-state index in [1.54, 1.807) is 12.4 Å². The molecule has 1 aliphatic carbocycles. The minimum atomic E-state index is -0.470. The Morgan fingerprint density at radius 1 is 1.30 bits per heavy atom. The molecule has 0 unspecified atom stereocenters. The van der Waals surface area contributed by atoms with Crippen LogP contribution in [0.15, 0.2) is 24.5 Å². The maximum absolute atomic E-state index is 12.8. The van der Waals surface area contributed by atoms with Crippen molar-refractivity contribution in [1.29, 1.82) is 0 Å². The van der Waals surface area contributed by atoms with Gasteiger partial charge in [0.05, 0.1) is 16.2 Å². The summed E-state index contributed by atoms with van der Waals surface area (Å²) in [5, 5.41) is 22.1. The number of amides is 1. The zero-order chi connectivity index (χ0) is 18.8. The van der Waals surface area contributed by atoms with Gasteiger partial charge >= 0.3 is 0 Å². The van der Waals surface area contributed by atoms with Crippen molar-refractivity contribution in [2.24, 2.45) is 0 Å². The lowest BCUT2D eigenvalue weighted by atomic mass is 10.1. The van der Waals surface area contributed by atoms with Crippen molar-refractivity contribution >= 4 is 17.3 Å². The molecule has 0 radical (unpaired) electrons. The molecule has 1 saturated carbocycles. The van der Waals surface area contributed by atoms with Crippen molar-refractivity contribution in [1.82, 2.24) is 20.1 Å². The molecule has 0 bridgehead atoms. The Hall–Kier alpha value is -2.97. The number of hydrogen-bond donors (Lipinski definition) is 1. The lowest BCUT2D eigenvalue weighted by Gasteiger charge is -2.20. The van der Waals surface area contributed by atoms with Crippen LogP contribution in [0.3, 0.4) is 0 Å². The van der Waals surface area contributed by atoms with Crippen molar-refractivity contribution in [2.75, 3.05) is 24.5 Å². The van der Waals surface area contributed by atoms with E-state index in [0.29, 0.717) is 24.6 Å². The summed E-state index contributed by atoms with van der Waals surface area (Å²) in [7, 11) is 0. The van der Waals surface area contributed by atoms with Crippen LogP contribution in [0.1, 0.15) is 47.9 Å². The van der Waals surface area contributed by atoms with Crippen LogP contribution in [-0.2, 0) is 6.42 Å². The van der Waals surface area contributed by atoms with Crippen LogP contribution >= 0.6 is 0 Å². The zero-order valence-corrected chi connectivity index (χ0v) is 15.0. The summed E-state index contributed by atoms with van der Waals surface area (Å²) in [6.07, 6.45) is 6.73. The largest absolute Gasteiger partial charge is 0.371 e. The maximum atomic E-state index is 12.8. The first kappa shape index (κ1) is 17.4. The molecular weight excluding hydrogens is 348 g/mol. The maximum Gasteiger partial charge on any atom is 0.270 e. The van der Waals surface area contributed by atoms with Gasteiger partial charge in [0.25, 0.3) is 11.6 Å². The summed E-state index contributed by atoms with van der Waals surface area (Å²) in [6.45, 7) is 2.14. The van der Waals surface area contributed by atoms with E-state index in [4.69, 9.17) is 0 Å². The van der Waals surface area contributed by atoms with E-state index in [1.165, 1.54) is 12.1 Å². The Morgan fingerprint density at radius 2 is 2.07 bits per heavy atom. The third-order valence-corrected chi connectivity index (χ3v) is 5.10. The second kappa shape index (κ2) is 7.34. The first-order valence-corrected chi connectivity index (χ1v) is 9.33. The van der Waals surface area contributed by atoms with E-state index in [0.717, 1.165) is 50.3 Å². The van der Waals surface area contributed by atoms with Crippen LogP contribution in [-0.4, -0.2) is 45.2 Å². The average Bonchev–Trinajstić information content (AvgIpc) is 3.17. The second-order valence-corrected chi connectivity index (χ2v) is 7.04. The van der Waals surface area contributed by atoms with Gasteiger partial charge in [0.2, 0.25) is 0 Å². The van der Waals surface area contributed by atoms with Gasteiger partial charge in [-0.05, 0) is 31.7 Å². The van der Waals surface area contributed by atoms with Crippen molar-refractivity contribution in [3.63, 3.8) is 0 Å². The van der Waals surface area contributed by atoms with Crippen LogP contribution in [0.25, 0.3) is 0 Å². The van der Waals surface area contributed by atoms with E-state index in [2.05, 4.69) is 25.0 Å². The van der Waals surface area contributed by atoms with E-state index in [1.807, 2.05) is 0 Å². The SMILES string of the molecule is O=C(NCCc1nncn1C1CC1)c1cc([N+](=O)[O-])ccc1N1CCCC1. The molecule has 1 N–H and O–H groups in total. The number of nitrogens with one attached hydrogen (secondary N) is 1. The molecule has 1 aromatic heterocycles. The van der Waals surface area contributed by atoms with E-state index >= 15 is 0 Å². The van der Waals surface area contributed by atoms with Gasteiger partial charge in [0.1, 0.15) is 12.2 Å². The predicted octanol–water partition coefficient (Wildman–Crippen LogP) is 2.09. The molecule has 142 valence electrons. The molecule has 0 atom stereocenters. The first-order chi connectivity index (χ1) is 13.1. The lowest BCUT2D eigenvalue weighted by Crippen LogP contribution is -2.29. The zero-order valence-electron chi connectivity index (χ0n) is 15.0. The number of anilines is 1. The summed E-state index contributed by atoms with van der Waals surface area (Å²) in [6, 6.07) is 5.00. The lowest BCUT2D eigenvalue weighted by molar-refractivity contribution is -0.384. The number of nitro benzene ring substituents is 1. The molecule has 2 heterocycles. The van der Waals surface area contributed by atoms with Crippen molar-refractivity contribution in [3.05, 3.63) is 46.0 Å². The van der Waals surface area contributed by atoms with Crippen LogP contribution in [0.4, 0.5) is 11.4 Å². The highest BCUT2D eigenvalue weighted by Gasteiger charge is 2.26. The van der Waals surface area contributed by atoms with E-state index in [9.17, 15) is 14.9 Å². The van der Waals surface area contributed by atoms with Gasteiger partial charge in [-0.3, -0.25) is 14.9 Å². The highest BCUT2D eigenvalue weighted by atomic mass is 16.6. The summed E-state index contributed by atoms with van der Waals surface area (Å²) in [5.41, 5.74) is 1.04. The molecule has 9 heteroatoms. The Kier molecular flexibility index (Phi) is 4.74. The normalized spacial score (nSPS) is 16.5. The van der Waals surface area contributed by atoms with Crippen LogP contribution < -0.4 is 10.2 Å². The number of benzene rings is 1. The van der Waals surface area contributed by atoms with E-state index in [-0.39, 0.29) is 11.6 Å². The number of carbonyl (C=O) groups is 1. The Balaban J connectivity index is 1.47. The number of carbonyl (C=O) groups excluding carboxylic acids is 1. The monoisotopic (exact) mass is 370 g/mol. The minimum Gasteiger partial charge on any atom is -0.371 e. The van der Waals surface area contributed by atoms with Crippen LogP contribution in [0, 0.1) is 10.1 Å². The number of nitro groups is 1. The molecule has 1 aromatic carbocycles. The smallest absolute Gasteiger partial charge is 0.270 e. The van der Waals surface area contributed by atoms with Gasteiger partial charge in [-0.15, -0.1) is 10.2 Å². The standard InChI is InChI=1S/C18H22N6O3/c25-18(19-8-7-17-21-20-12-23(17)13-3-4-13)15-11-14(24(26)27)5-6-16(15)22-9-1-2-10-22/h5-6,11-13H,1-4,7-10H2,(H,19,25). The first-order valence-electron chi connectivity index (χ1n) is 9.33. The third-order valence-electron chi connectivity index (χ3n) is 5.10. The fourth-order valence-corrected chi connectivity index (χ4v) is 3.54. The van der Waals surface area contributed by atoms with Gasteiger partial charge in [0, 0.05) is 44.2 Å². The molecule has 2 aliphatic rings. The van der Waals surface area contributed by atoms with Crippen LogP contribution in [0.5, 0.6) is 0 Å². The Bertz CT molecular complexity index is 855.